The minimum atomic E-state index is 0.519. The molecule has 3 nitrogen and oxygen atoms in total. The molecule has 0 atom stereocenters. The van der Waals surface area contributed by atoms with Crippen LogP contribution in [0.5, 0.6) is 0 Å². The van der Waals surface area contributed by atoms with E-state index in [2.05, 4.69) is 42.9 Å². The van der Waals surface area contributed by atoms with Crippen LogP contribution in [0.15, 0.2) is 18.2 Å². The third-order valence-electron chi connectivity index (χ3n) is 2.97. The molecule has 0 aliphatic heterocycles. The van der Waals surface area contributed by atoms with Crippen molar-refractivity contribution in [3.05, 3.63) is 40.7 Å². The quantitative estimate of drug-likeness (QED) is 0.814. The molecular weight excluding hydrogens is 210 g/mol. The van der Waals surface area contributed by atoms with Gasteiger partial charge in [-0.2, -0.15) is 0 Å². The van der Waals surface area contributed by atoms with Crippen molar-refractivity contribution in [3.63, 3.8) is 0 Å². The number of hydrogen-bond acceptors (Lipinski definition) is 3. The molecule has 1 aromatic heterocycles. The van der Waals surface area contributed by atoms with E-state index < -0.39 is 0 Å². The van der Waals surface area contributed by atoms with E-state index in [0.29, 0.717) is 11.6 Å². The van der Waals surface area contributed by atoms with Crippen LogP contribution in [-0.4, -0.2) is 9.97 Å². The second-order valence-electron chi connectivity index (χ2n) is 4.48. The fraction of sp³-hybridized carbons (Fsp3) is 0.286. The zero-order valence-electron chi connectivity index (χ0n) is 10.7. The van der Waals surface area contributed by atoms with Gasteiger partial charge in [0.1, 0.15) is 11.6 Å². The van der Waals surface area contributed by atoms with Crippen molar-refractivity contribution in [1.82, 2.24) is 9.97 Å². The van der Waals surface area contributed by atoms with E-state index in [1.54, 1.807) is 0 Å². The number of nitrogens with two attached hydrogens (primary N) is 1. The molecule has 1 aromatic carbocycles. The van der Waals surface area contributed by atoms with E-state index in [1.165, 1.54) is 16.7 Å². The Balaban J connectivity index is 2.64. The second kappa shape index (κ2) is 4.17. The molecular formula is C14H17N3. The van der Waals surface area contributed by atoms with Crippen molar-refractivity contribution in [2.45, 2.75) is 27.7 Å². The zero-order valence-corrected chi connectivity index (χ0v) is 10.7. The fourth-order valence-corrected chi connectivity index (χ4v) is 1.97. The average Bonchev–Trinajstić information content (AvgIpc) is 2.22. The standard InChI is InChI=1S/C14H17N3/c1-8-5-10(3)12(6-9(8)2)13-7-14(15)17-11(4)16-13/h5-7H,1-4H3,(H2,15,16,17). The Morgan fingerprint density at radius 3 is 2.12 bits per heavy atom. The van der Waals surface area contributed by atoms with Crippen LogP contribution in [0, 0.1) is 27.7 Å². The SMILES string of the molecule is Cc1nc(N)cc(-c2cc(C)c(C)cc2C)n1. The largest absolute Gasteiger partial charge is 0.384 e. The molecule has 2 rings (SSSR count). The maximum Gasteiger partial charge on any atom is 0.128 e. The summed E-state index contributed by atoms with van der Waals surface area (Å²) >= 11 is 0. The Hall–Kier alpha value is -1.90. The molecule has 0 unspecified atom stereocenters. The number of hydrogen-bond donors (Lipinski definition) is 1. The molecule has 1 heterocycles. The summed E-state index contributed by atoms with van der Waals surface area (Å²) in [7, 11) is 0. The summed E-state index contributed by atoms with van der Waals surface area (Å²) in [6.45, 7) is 8.17. The molecule has 0 fully saturated rings. The van der Waals surface area contributed by atoms with Gasteiger partial charge in [-0.15, -0.1) is 0 Å². The van der Waals surface area contributed by atoms with Crippen molar-refractivity contribution < 1.29 is 0 Å². The molecule has 17 heavy (non-hydrogen) atoms. The van der Waals surface area contributed by atoms with Crippen LogP contribution < -0.4 is 5.73 Å². The molecule has 0 aliphatic carbocycles. The molecule has 2 N–H and O–H groups in total. The average molecular weight is 227 g/mol. The minimum Gasteiger partial charge on any atom is -0.384 e. The van der Waals surface area contributed by atoms with Crippen molar-refractivity contribution in [3.8, 4) is 11.3 Å². The number of anilines is 1. The lowest BCUT2D eigenvalue weighted by Gasteiger charge is -2.10. The fourth-order valence-electron chi connectivity index (χ4n) is 1.97. The summed E-state index contributed by atoms with van der Waals surface area (Å²) in [6.07, 6.45) is 0. The van der Waals surface area contributed by atoms with Gasteiger partial charge in [0.05, 0.1) is 5.69 Å². The molecule has 88 valence electrons. The van der Waals surface area contributed by atoms with E-state index in [1.807, 2.05) is 13.0 Å². The molecule has 0 bridgehead atoms. The third kappa shape index (κ3) is 2.28. The van der Waals surface area contributed by atoms with Crippen molar-refractivity contribution in [2.75, 3.05) is 5.73 Å². The third-order valence-corrected chi connectivity index (χ3v) is 2.97. The Morgan fingerprint density at radius 2 is 1.47 bits per heavy atom. The van der Waals surface area contributed by atoms with E-state index in [0.717, 1.165) is 11.3 Å². The van der Waals surface area contributed by atoms with Gasteiger partial charge in [0.15, 0.2) is 0 Å². The van der Waals surface area contributed by atoms with Gasteiger partial charge in [-0.3, -0.25) is 0 Å². The predicted molar refractivity (Wildman–Crippen MR) is 70.8 cm³/mol. The minimum absolute atomic E-state index is 0.519. The molecule has 0 saturated carbocycles. The van der Waals surface area contributed by atoms with E-state index in [9.17, 15) is 0 Å². The first-order valence-corrected chi connectivity index (χ1v) is 5.67. The predicted octanol–water partition coefficient (Wildman–Crippen LogP) is 2.96. The Kier molecular flexibility index (Phi) is 2.84. The lowest BCUT2D eigenvalue weighted by atomic mass is 9.98. The first kappa shape index (κ1) is 11.6. The van der Waals surface area contributed by atoms with E-state index in [4.69, 9.17) is 5.73 Å². The Labute approximate surface area is 102 Å². The Morgan fingerprint density at radius 1 is 0.824 bits per heavy atom. The van der Waals surface area contributed by atoms with Crippen LogP contribution in [0.2, 0.25) is 0 Å². The first-order valence-electron chi connectivity index (χ1n) is 5.67. The second-order valence-corrected chi connectivity index (χ2v) is 4.48. The zero-order chi connectivity index (χ0) is 12.6. The van der Waals surface area contributed by atoms with Crippen LogP contribution in [0.4, 0.5) is 5.82 Å². The molecule has 3 heteroatoms. The van der Waals surface area contributed by atoms with Gasteiger partial charge in [-0.05, 0) is 50.5 Å². The summed E-state index contributed by atoms with van der Waals surface area (Å²) in [6, 6.07) is 6.16. The number of rotatable bonds is 1. The number of benzene rings is 1. The van der Waals surface area contributed by atoms with Gasteiger partial charge in [0.2, 0.25) is 0 Å². The number of aryl methyl sites for hydroxylation is 4. The van der Waals surface area contributed by atoms with Crippen LogP contribution in [0.25, 0.3) is 11.3 Å². The van der Waals surface area contributed by atoms with Gasteiger partial charge in [0.25, 0.3) is 0 Å². The summed E-state index contributed by atoms with van der Waals surface area (Å²) < 4.78 is 0. The van der Waals surface area contributed by atoms with Crippen molar-refractivity contribution >= 4 is 5.82 Å². The first-order chi connectivity index (χ1) is 7.97. The normalized spacial score (nSPS) is 10.6. The van der Waals surface area contributed by atoms with Crippen LogP contribution in [-0.2, 0) is 0 Å². The molecule has 0 radical (unpaired) electrons. The van der Waals surface area contributed by atoms with Crippen molar-refractivity contribution in [1.29, 1.82) is 0 Å². The maximum absolute atomic E-state index is 5.76. The Bertz CT molecular complexity index is 554. The monoisotopic (exact) mass is 227 g/mol. The molecule has 2 aromatic rings. The highest BCUT2D eigenvalue weighted by molar-refractivity contribution is 5.67. The highest BCUT2D eigenvalue weighted by atomic mass is 14.9. The number of aromatic nitrogens is 2. The van der Waals surface area contributed by atoms with Gasteiger partial charge in [-0.1, -0.05) is 6.07 Å². The van der Waals surface area contributed by atoms with Gasteiger partial charge in [-0.25, -0.2) is 9.97 Å². The van der Waals surface area contributed by atoms with Gasteiger partial charge >= 0.3 is 0 Å². The van der Waals surface area contributed by atoms with E-state index in [-0.39, 0.29) is 0 Å². The van der Waals surface area contributed by atoms with Gasteiger partial charge in [0, 0.05) is 11.6 Å². The summed E-state index contributed by atoms with van der Waals surface area (Å²) in [5.41, 5.74) is 11.6. The smallest absolute Gasteiger partial charge is 0.128 e. The van der Waals surface area contributed by atoms with Crippen molar-refractivity contribution in [2.24, 2.45) is 0 Å². The van der Waals surface area contributed by atoms with Gasteiger partial charge < -0.3 is 5.73 Å². The summed E-state index contributed by atoms with van der Waals surface area (Å²) in [5.74, 6) is 1.22. The summed E-state index contributed by atoms with van der Waals surface area (Å²) in [5, 5.41) is 0. The molecule has 0 saturated heterocycles. The molecule has 0 amide bonds. The highest BCUT2D eigenvalue weighted by Gasteiger charge is 2.07. The van der Waals surface area contributed by atoms with Crippen LogP contribution >= 0.6 is 0 Å². The van der Waals surface area contributed by atoms with Crippen LogP contribution in [0.3, 0.4) is 0 Å². The van der Waals surface area contributed by atoms with Crippen LogP contribution in [0.1, 0.15) is 22.5 Å². The molecule has 0 spiro atoms. The topological polar surface area (TPSA) is 51.8 Å². The highest BCUT2D eigenvalue weighted by Crippen LogP contribution is 2.25. The summed E-state index contributed by atoms with van der Waals surface area (Å²) in [4.78, 5) is 8.54. The van der Waals surface area contributed by atoms with E-state index >= 15 is 0 Å². The number of nitrogen functional groups attached to an aromatic ring is 1. The lowest BCUT2D eigenvalue weighted by molar-refractivity contribution is 1.06. The number of nitrogens with zero attached hydrogens (tertiary/aromatic N) is 2. The lowest BCUT2D eigenvalue weighted by Crippen LogP contribution is -1.98. The maximum atomic E-state index is 5.76. The molecule has 0 aliphatic rings.